The highest BCUT2D eigenvalue weighted by Crippen LogP contribution is 2.34. The van der Waals surface area contributed by atoms with Crippen molar-refractivity contribution in [3.05, 3.63) is 48.7 Å². The molecule has 2 aromatic carbocycles. The molecule has 4 rings (SSSR count). The second-order valence-electron chi connectivity index (χ2n) is 4.92. The number of nitrogens with zero attached hydrogens (tertiary/aromatic N) is 2. The van der Waals surface area contributed by atoms with Crippen LogP contribution < -0.4 is 9.47 Å². The van der Waals surface area contributed by atoms with Crippen molar-refractivity contribution in [3.8, 4) is 22.8 Å². The molecule has 0 aliphatic carbocycles. The Kier molecular flexibility index (Phi) is 3.01. The van der Waals surface area contributed by atoms with Gasteiger partial charge in [-0.05, 0) is 30.3 Å². The fourth-order valence-corrected chi connectivity index (χ4v) is 3.59. The minimum absolute atomic E-state index is 0.709. The summed E-state index contributed by atoms with van der Waals surface area (Å²) in [6, 6.07) is 14.2. The molecule has 0 atom stereocenters. The van der Waals surface area contributed by atoms with Crippen molar-refractivity contribution < 1.29 is 9.47 Å². The van der Waals surface area contributed by atoms with Crippen molar-refractivity contribution >= 4 is 26.5 Å². The summed E-state index contributed by atoms with van der Waals surface area (Å²) in [5.74, 6) is 1.43. The largest absolute Gasteiger partial charge is 0.493 e. The van der Waals surface area contributed by atoms with Crippen LogP contribution in [-0.4, -0.2) is 23.6 Å². The van der Waals surface area contributed by atoms with Gasteiger partial charge in [0.1, 0.15) is 0 Å². The van der Waals surface area contributed by atoms with Crippen LogP contribution in [0.25, 0.3) is 26.4 Å². The van der Waals surface area contributed by atoms with E-state index in [0.29, 0.717) is 5.75 Å². The van der Waals surface area contributed by atoms with E-state index in [1.54, 1.807) is 25.6 Å². The maximum atomic E-state index is 5.37. The van der Waals surface area contributed by atoms with Crippen LogP contribution in [0.15, 0.2) is 48.7 Å². The van der Waals surface area contributed by atoms with Crippen LogP contribution in [-0.2, 0) is 0 Å². The third-order valence-corrected chi connectivity index (χ3v) is 4.71. The predicted molar refractivity (Wildman–Crippen MR) is 89.1 cm³/mol. The average Bonchev–Trinajstić information content (AvgIpc) is 3.12. The van der Waals surface area contributed by atoms with E-state index in [2.05, 4.69) is 22.7 Å². The Hall–Kier alpha value is -2.53. The Morgan fingerprint density at radius 2 is 1.82 bits per heavy atom. The summed E-state index contributed by atoms with van der Waals surface area (Å²) in [6.45, 7) is 0. The highest BCUT2D eigenvalue weighted by molar-refractivity contribution is 7.23. The number of para-hydroxylation sites is 1. The van der Waals surface area contributed by atoms with E-state index >= 15 is 0 Å². The van der Waals surface area contributed by atoms with Gasteiger partial charge in [-0.15, -0.1) is 0 Å². The molecule has 0 saturated heterocycles. The van der Waals surface area contributed by atoms with E-state index in [1.807, 2.05) is 30.3 Å². The zero-order valence-corrected chi connectivity index (χ0v) is 13.1. The third-order valence-electron chi connectivity index (χ3n) is 3.68. The molecular formula is C17H14N2O2S. The molecule has 0 aliphatic heterocycles. The van der Waals surface area contributed by atoms with Gasteiger partial charge in [-0.25, -0.2) is 4.98 Å². The molecule has 0 radical (unpaired) electrons. The van der Waals surface area contributed by atoms with Crippen molar-refractivity contribution in [3.63, 3.8) is 0 Å². The van der Waals surface area contributed by atoms with Crippen molar-refractivity contribution in [1.82, 2.24) is 9.38 Å². The van der Waals surface area contributed by atoms with Gasteiger partial charge in [0.25, 0.3) is 0 Å². The number of imidazole rings is 1. The number of methoxy groups -OCH3 is 2. The summed E-state index contributed by atoms with van der Waals surface area (Å²) < 4.78 is 14.0. The maximum Gasteiger partial charge on any atom is 0.195 e. The Balaban J connectivity index is 1.87. The standard InChI is InChI=1S/C17H14N2O2S/c1-20-14-8-7-11(9-15(14)21-2)12-10-19-13-5-3-4-6-16(13)22-17(19)18-12/h3-10H,1-2H3. The summed E-state index contributed by atoms with van der Waals surface area (Å²) in [5, 5.41) is 0. The van der Waals surface area contributed by atoms with E-state index < -0.39 is 0 Å². The number of hydrogen-bond donors (Lipinski definition) is 0. The lowest BCUT2D eigenvalue weighted by Gasteiger charge is -2.08. The highest BCUT2D eigenvalue weighted by Gasteiger charge is 2.12. The van der Waals surface area contributed by atoms with Crippen molar-refractivity contribution in [1.29, 1.82) is 0 Å². The van der Waals surface area contributed by atoms with Crippen LogP contribution in [0.3, 0.4) is 0 Å². The normalized spacial score (nSPS) is 11.2. The first-order valence-corrected chi connectivity index (χ1v) is 7.71. The molecule has 4 aromatic rings. The third kappa shape index (κ3) is 1.94. The van der Waals surface area contributed by atoms with Crippen LogP contribution in [0.1, 0.15) is 0 Å². The topological polar surface area (TPSA) is 35.8 Å². The molecule has 110 valence electrons. The fraction of sp³-hybridized carbons (Fsp3) is 0.118. The van der Waals surface area contributed by atoms with E-state index in [0.717, 1.165) is 22.0 Å². The second-order valence-corrected chi connectivity index (χ2v) is 5.93. The molecule has 0 aliphatic rings. The van der Waals surface area contributed by atoms with E-state index in [4.69, 9.17) is 14.5 Å². The van der Waals surface area contributed by atoms with Crippen LogP contribution in [0.4, 0.5) is 0 Å². The average molecular weight is 310 g/mol. The van der Waals surface area contributed by atoms with E-state index in [9.17, 15) is 0 Å². The minimum atomic E-state index is 0.709. The van der Waals surface area contributed by atoms with E-state index in [1.165, 1.54) is 10.2 Å². The van der Waals surface area contributed by atoms with Gasteiger partial charge in [-0.2, -0.15) is 0 Å². The Labute approximate surface area is 131 Å². The zero-order chi connectivity index (χ0) is 15.1. The van der Waals surface area contributed by atoms with Gasteiger partial charge in [-0.1, -0.05) is 23.5 Å². The molecule has 2 heterocycles. The van der Waals surface area contributed by atoms with Gasteiger partial charge in [0, 0.05) is 11.8 Å². The molecule has 0 fully saturated rings. The van der Waals surface area contributed by atoms with Gasteiger partial charge in [0.2, 0.25) is 0 Å². The molecule has 0 spiro atoms. The van der Waals surface area contributed by atoms with Crippen molar-refractivity contribution in [2.24, 2.45) is 0 Å². The van der Waals surface area contributed by atoms with Crippen LogP contribution in [0.2, 0.25) is 0 Å². The second kappa shape index (κ2) is 5.03. The number of rotatable bonds is 3. The van der Waals surface area contributed by atoms with Crippen LogP contribution >= 0.6 is 11.3 Å². The molecule has 0 N–H and O–H groups in total. The predicted octanol–water partition coefficient (Wildman–Crippen LogP) is 4.23. The molecule has 5 heteroatoms. The summed E-state index contributed by atoms with van der Waals surface area (Å²) in [5.41, 5.74) is 3.12. The van der Waals surface area contributed by atoms with Gasteiger partial charge < -0.3 is 9.47 Å². The number of benzene rings is 2. The first-order chi connectivity index (χ1) is 10.8. The SMILES string of the molecule is COc1ccc(-c2cn3c(n2)sc2ccccc23)cc1OC. The monoisotopic (exact) mass is 310 g/mol. The Morgan fingerprint density at radius 1 is 1.00 bits per heavy atom. The molecule has 0 amide bonds. The summed E-state index contributed by atoms with van der Waals surface area (Å²) in [7, 11) is 3.27. The summed E-state index contributed by atoms with van der Waals surface area (Å²) >= 11 is 1.69. The lowest BCUT2D eigenvalue weighted by atomic mass is 10.1. The first kappa shape index (κ1) is 13.2. The van der Waals surface area contributed by atoms with Crippen LogP contribution in [0, 0.1) is 0 Å². The lowest BCUT2D eigenvalue weighted by Crippen LogP contribution is -1.90. The maximum absolute atomic E-state index is 5.37. The number of fused-ring (bicyclic) bond motifs is 3. The van der Waals surface area contributed by atoms with Gasteiger partial charge >= 0.3 is 0 Å². The smallest absolute Gasteiger partial charge is 0.195 e. The van der Waals surface area contributed by atoms with Crippen LogP contribution in [0.5, 0.6) is 11.5 Å². The quantitative estimate of drug-likeness (QED) is 0.568. The van der Waals surface area contributed by atoms with Crippen molar-refractivity contribution in [2.45, 2.75) is 0 Å². The summed E-state index contributed by atoms with van der Waals surface area (Å²) in [6.07, 6.45) is 2.06. The zero-order valence-electron chi connectivity index (χ0n) is 12.2. The minimum Gasteiger partial charge on any atom is -0.493 e. The molecule has 4 nitrogen and oxygen atoms in total. The molecule has 0 saturated carbocycles. The van der Waals surface area contributed by atoms with Crippen molar-refractivity contribution in [2.75, 3.05) is 14.2 Å². The number of ether oxygens (including phenoxy) is 2. The summed E-state index contributed by atoms with van der Waals surface area (Å²) in [4.78, 5) is 5.73. The van der Waals surface area contributed by atoms with E-state index in [-0.39, 0.29) is 0 Å². The molecule has 2 aromatic heterocycles. The Bertz CT molecular complexity index is 971. The molecule has 0 unspecified atom stereocenters. The number of hydrogen-bond acceptors (Lipinski definition) is 4. The van der Waals surface area contributed by atoms with Gasteiger partial charge in [0.15, 0.2) is 16.5 Å². The molecule has 0 bridgehead atoms. The lowest BCUT2D eigenvalue weighted by molar-refractivity contribution is 0.355. The fourth-order valence-electron chi connectivity index (χ4n) is 2.58. The number of thiazole rings is 1. The highest BCUT2D eigenvalue weighted by atomic mass is 32.1. The first-order valence-electron chi connectivity index (χ1n) is 6.89. The number of aromatic nitrogens is 2. The van der Waals surface area contributed by atoms with Gasteiger partial charge in [-0.3, -0.25) is 4.40 Å². The van der Waals surface area contributed by atoms with Gasteiger partial charge in [0.05, 0.1) is 30.1 Å². The Morgan fingerprint density at radius 3 is 2.64 bits per heavy atom. The molecular weight excluding hydrogens is 296 g/mol. The molecule has 22 heavy (non-hydrogen) atoms.